The van der Waals surface area contributed by atoms with Crippen molar-refractivity contribution in [1.29, 1.82) is 0 Å². The molecule has 0 heterocycles. The van der Waals surface area contributed by atoms with Crippen molar-refractivity contribution in [3.05, 3.63) is 48.5 Å². The molecule has 0 radical (unpaired) electrons. The minimum absolute atomic E-state index is 0.218. The third-order valence-corrected chi connectivity index (χ3v) is 1.41. The molecular weight excluding hydrogens is 180 g/mol. The SMILES string of the molecule is C=C/C=C(\C=C)NC(=O)/C(N)=C(/C)O. The van der Waals surface area contributed by atoms with Crippen LogP contribution in [0.15, 0.2) is 48.5 Å². The Hall–Kier alpha value is -1.97. The summed E-state index contributed by atoms with van der Waals surface area (Å²) in [6.07, 6.45) is 4.51. The van der Waals surface area contributed by atoms with Gasteiger partial charge in [-0.25, -0.2) is 0 Å². The first kappa shape index (κ1) is 12.0. The quantitative estimate of drug-likeness (QED) is 0.356. The number of aliphatic hydroxyl groups excluding tert-OH is 1. The Morgan fingerprint density at radius 2 is 2.07 bits per heavy atom. The Labute approximate surface area is 83.1 Å². The third-order valence-electron chi connectivity index (χ3n) is 1.41. The third kappa shape index (κ3) is 3.62. The van der Waals surface area contributed by atoms with E-state index >= 15 is 0 Å². The van der Waals surface area contributed by atoms with E-state index < -0.39 is 5.91 Å². The first-order valence-electron chi connectivity index (χ1n) is 3.94. The van der Waals surface area contributed by atoms with Crippen LogP contribution in [0.4, 0.5) is 0 Å². The average Bonchev–Trinajstić information content (AvgIpc) is 2.15. The van der Waals surface area contributed by atoms with Crippen LogP contribution in [0.25, 0.3) is 0 Å². The molecule has 0 aliphatic carbocycles. The molecule has 0 rings (SSSR count). The van der Waals surface area contributed by atoms with E-state index in [1.54, 1.807) is 6.08 Å². The molecule has 14 heavy (non-hydrogen) atoms. The van der Waals surface area contributed by atoms with E-state index in [1.165, 1.54) is 19.1 Å². The summed E-state index contributed by atoms with van der Waals surface area (Å²) in [7, 11) is 0. The lowest BCUT2D eigenvalue weighted by Gasteiger charge is -2.05. The zero-order valence-electron chi connectivity index (χ0n) is 8.08. The molecule has 0 saturated carbocycles. The molecule has 76 valence electrons. The van der Waals surface area contributed by atoms with Gasteiger partial charge in [-0.3, -0.25) is 4.79 Å². The van der Waals surface area contributed by atoms with E-state index in [0.29, 0.717) is 5.70 Å². The highest BCUT2D eigenvalue weighted by Gasteiger charge is 2.08. The van der Waals surface area contributed by atoms with Crippen LogP contribution >= 0.6 is 0 Å². The number of nitrogens with one attached hydrogen (secondary N) is 1. The topological polar surface area (TPSA) is 75.4 Å². The minimum Gasteiger partial charge on any atom is -0.510 e. The summed E-state index contributed by atoms with van der Waals surface area (Å²) in [6.45, 7) is 8.29. The van der Waals surface area contributed by atoms with Gasteiger partial charge in [-0.2, -0.15) is 0 Å². The van der Waals surface area contributed by atoms with Crippen LogP contribution < -0.4 is 11.1 Å². The molecule has 0 fully saturated rings. The average molecular weight is 194 g/mol. The number of hydrogen-bond donors (Lipinski definition) is 3. The largest absolute Gasteiger partial charge is 0.510 e. The second-order valence-corrected chi connectivity index (χ2v) is 2.52. The van der Waals surface area contributed by atoms with Crippen LogP contribution in [0.3, 0.4) is 0 Å². The van der Waals surface area contributed by atoms with E-state index in [-0.39, 0.29) is 11.5 Å². The molecule has 4 heteroatoms. The molecule has 4 N–H and O–H groups in total. The van der Waals surface area contributed by atoms with Crippen molar-refractivity contribution < 1.29 is 9.90 Å². The van der Waals surface area contributed by atoms with Gasteiger partial charge in [-0.15, -0.1) is 0 Å². The summed E-state index contributed by atoms with van der Waals surface area (Å²) >= 11 is 0. The van der Waals surface area contributed by atoms with Crippen molar-refractivity contribution in [1.82, 2.24) is 5.32 Å². The van der Waals surface area contributed by atoms with Crippen LogP contribution in [0.1, 0.15) is 6.92 Å². The summed E-state index contributed by atoms with van der Waals surface area (Å²) in [5.41, 5.74) is 5.54. The van der Waals surface area contributed by atoms with Gasteiger partial charge in [0.25, 0.3) is 5.91 Å². The lowest BCUT2D eigenvalue weighted by molar-refractivity contribution is -0.117. The molecule has 0 aromatic carbocycles. The summed E-state index contributed by atoms with van der Waals surface area (Å²) in [4.78, 5) is 11.3. The fourth-order valence-electron chi connectivity index (χ4n) is 0.650. The van der Waals surface area contributed by atoms with Crippen molar-refractivity contribution in [2.45, 2.75) is 6.92 Å². The van der Waals surface area contributed by atoms with Crippen LogP contribution in [0, 0.1) is 0 Å². The Morgan fingerprint density at radius 1 is 1.50 bits per heavy atom. The van der Waals surface area contributed by atoms with Crippen molar-refractivity contribution >= 4 is 5.91 Å². The van der Waals surface area contributed by atoms with Gasteiger partial charge in [0.2, 0.25) is 0 Å². The molecule has 1 amide bonds. The molecule has 0 aromatic heterocycles. The van der Waals surface area contributed by atoms with Crippen LogP contribution in [-0.4, -0.2) is 11.0 Å². The number of nitrogens with two attached hydrogens (primary N) is 1. The second kappa shape index (κ2) is 5.64. The number of aliphatic hydroxyl groups is 1. The summed E-state index contributed by atoms with van der Waals surface area (Å²) < 4.78 is 0. The zero-order chi connectivity index (χ0) is 11.1. The van der Waals surface area contributed by atoms with Gasteiger partial charge in [-0.1, -0.05) is 19.2 Å². The highest BCUT2D eigenvalue weighted by molar-refractivity contribution is 5.94. The molecule has 0 unspecified atom stereocenters. The van der Waals surface area contributed by atoms with Gasteiger partial charge in [0.05, 0.1) is 0 Å². The Bertz CT molecular complexity index is 310. The fourth-order valence-corrected chi connectivity index (χ4v) is 0.650. The van der Waals surface area contributed by atoms with Gasteiger partial charge in [-0.05, 0) is 19.1 Å². The van der Waals surface area contributed by atoms with Gasteiger partial charge >= 0.3 is 0 Å². The Morgan fingerprint density at radius 3 is 2.43 bits per heavy atom. The normalized spacial score (nSPS) is 12.8. The monoisotopic (exact) mass is 194 g/mol. The standard InChI is InChI=1S/C10H14N2O2/c1-4-6-8(5-2)12-10(14)9(11)7(3)13/h4-6,13H,1-2,11H2,3H3,(H,12,14)/b8-6+,9-7+. The van der Waals surface area contributed by atoms with Crippen molar-refractivity contribution in [3.8, 4) is 0 Å². The molecule has 4 nitrogen and oxygen atoms in total. The van der Waals surface area contributed by atoms with Gasteiger partial charge in [0.1, 0.15) is 11.5 Å². The second-order valence-electron chi connectivity index (χ2n) is 2.52. The van der Waals surface area contributed by atoms with Gasteiger partial charge < -0.3 is 16.2 Å². The smallest absolute Gasteiger partial charge is 0.275 e. The molecular formula is C10H14N2O2. The zero-order valence-corrected chi connectivity index (χ0v) is 8.08. The maximum Gasteiger partial charge on any atom is 0.275 e. The highest BCUT2D eigenvalue weighted by Crippen LogP contribution is 1.96. The molecule has 0 spiro atoms. The summed E-state index contributed by atoms with van der Waals surface area (Å²) in [5, 5.41) is 11.4. The van der Waals surface area contributed by atoms with Crippen LogP contribution in [0.2, 0.25) is 0 Å². The predicted octanol–water partition coefficient (Wildman–Crippen LogP) is 1.11. The van der Waals surface area contributed by atoms with Crippen LogP contribution in [-0.2, 0) is 4.79 Å². The van der Waals surface area contributed by atoms with Gasteiger partial charge in [0.15, 0.2) is 0 Å². The summed E-state index contributed by atoms with van der Waals surface area (Å²) in [6, 6.07) is 0. The molecule has 0 aromatic rings. The van der Waals surface area contributed by atoms with Gasteiger partial charge in [0, 0.05) is 5.70 Å². The Balaban J connectivity index is 4.62. The minimum atomic E-state index is -0.571. The molecule has 0 bridgehead atoms. The Kier molecular flexibility index (Phi) is 4.84. The lowest BCUT2D eigenvalue weighted by Crippen LogP contribution is -2.28. The molecule has 0 aliphatic heterocycles. The maximum atomic E-state index is 11.3. The lowest BCUT2D eigenvalue weighted by atomic mass is 10.3. The van der Waals surface area contributed by atoms with Crippen molar-refractivity contribution in [2.24, 2.45) is 5.73 Å². The first-order valence-corrected chi connectivity index (χ1v) is 3.94. The molecule has 0 aliphatic rings. The van der Waals surface area contributed by atoms with Crippen molar-refractivity contribution in [2.75, 3.05) is 0 Å². The number of amides is 1. The fraction of sp³-hybridized carbons (Fsp3) is 0.100. The van der Waals surface area contributed by atoms with E-state index in [4.69, 9.17) is 10.8 Å². The summed E-state index contributed by atoms with van der Waals surface area (Å²) in [5.74, 6) is -0.789. The van der Waals surface area contributed by atoms with Crippen LogP contribution in [0.5, 0.6) is 0 Å². The predicted molar refractivity (Wildman–Crippen MR) is 56.1 cm³/mol. The molecule has 0 atom stereocenters. The van der Waals surface area contributed by atoms with E-state index in [0.717, 1.165) is 0 Å². The van der Waals surface area contributed by atoms with Crippen molar-refractivity contribution in [3.63, 3.8) is 0 Å². The number of hydrogen-bond acceptors (Lipinski definition) is 3. The molecule has 0 saturated heterocycles. The number of allylic oxidation sites excluding steroid dienone is 4. The van der Waals surface area contributed by atoms with E-state index in [1.807, 2.05) is 0 Å². The maximum absolute atomic E-state index is 11.3. The van der Waals surface area contributed by atoms with E-state index in [2.05, 4.69) is 18.5 Å². The number of carbonyl (C=O) groups is 1. The first-order chi connectivity index (χ1) is 6.52. The number of rotatable bonds is 4. The highest BCUT2D eigenvalue weighted by atomic mass is 16.3. The van der Waals surface area contributed by atoms with E-state index in [9.17, 15) is 4.79 Å². The number of carbonyl (C=O) groups excluding carboxylic acids is 1.